The second-order valence-electron chi connectivity index (χ2n) is 7.46. The van der Waals surface area contributed by atoms with Gasteiger partial charge in [-0.2, -0.15) is 31.8 Å². The first-order valence-corrected chi connectivity index (χ1v) is 9.81. The number of halogens is 4. The van der Waals surface area contributed by atoms with Crippen LogP contribution in [0.25, 0.3) is 0 Å². The summed E-state index contributed by atoms with van der Waals surface area (Å²) in [6.07, 6.45) is -3.17. The van der Waals surface area contributed by atoms with Crippen molar-refractivity contribution in [1.29, 1.82) is 0 Å². The van der Waals surface area contributed by atoms with Gasteiger partial charge in [0.15, 0.2) is 17.3 Å². The third-order valence-corrected chi connectivity index (χ3v) is 5.28. The van der Waals surface area contributed by atoms with Crippen LogP contribution in [-0.2, 0) is 6.18 Å². The molecule has 1 aromatic heterocycles. The molecule has 0 saturated heterocycles. The van der Waals surface area contributed by atoms with E-state index in [9.17, 15) is 27.2 Å². The van der Waals surface area contributed by atoms with E-state index in [1.54, 1.807) is 6.92 Å². The highest BCUT2D eigenvalue weighted by Gasteiger charge is 2.35. The number of amides is 2. The summed E-state index contributed by atoms with van der Waals surface area (Å²) >= 11 is 0. The Morgan fingerprint density at radius 1 is 1.18 bits per heavy atom. The second kappa shape index (κ2) is 9.37. The molecule has 0 unspecified atom stereocenters. The molecule has 2 amide bonds. The first-order chi connectivity index (χ1) is 15.6. The summed E-state index contributed by atoms with van der Waals surface area (Å²) in [5.41, 5.74) is -0.235. The molecule has 12 heteroatoms. The zero-order valence-corrected chi connectivity index (χ0v) is 19.0. The first kappa shape index (κ1) is 25.1. The molecule has 3 aromatic rings. The lowest BCUT2D eigenvalue weighted by atomic mass is 10.1. The van der Waals surface area contributed by atoms with E-state index in [4.69, 9.17) is 4.74 Å². The molecule has 0 spiro atoms. The van der Waals surface area contributed by atoms with Gasteiger partial charge in [0, 0.05) is 17.8 Å². The van der Waals surface area contributed by atoms with Gasteiger partial charge in [-0.05, 0) is 49.4 Å². The zero-order valence-electron chi connectivity index (χ0n) is 18.0. The number of nitrogens with one attached hydrogen (secondary N) is 1. The zero-order chi connectivity index (χ0) is 23.9. The standard InChI is InChI=1S/C22H18F4N4O3.H2S/c1-12-11-29(15-6-4-14(5-7-15)22(24,25)26)21(32)19-17(10-27-30(12)19)28-20(31)13-3-8-16(23)18(9-13)33-2;/h3-10,12H,11H2,1-2H3,(H,28,31);1H2/t12-;/m0./s1. The van der Waals surface area contributed by atoms with Crippen molar-refractivity contribution in [2.75, 3.05) is 23.9 Å². The highest BCUT2D eigenvalue weighted by atomic mass is 32.1. The third-order valence-electron chi connectivity index (χ3n) is 5.28. The number of methoxy groups -OCH3 is 1. The molecule has 2 heterocycles. The Morgan fingerprint density at radius 3 is 2.47 bits per heavy atom. The van der Waals surface area contributed by atoms with E-state index in [0.29, 0.717) is 0 Å². The number of fused-ring (bicyclic) bond motifs is 1. The Bertz CT molecular complexity index is 1230. The maximum Gasteiger partial charge on any atom is 0.416 e. The van der Waals surface area contributed by atoms with E-state index in [0.717, 1.165) is 18.2 Å². The van der Waals surface area contributed by atoms with E-state index in [1.807, 2.05) is 0 Å². The topological polar surface area (TPSA) is 76.5 Å². The van der Waals surface area contributed by atoms with E-state index in [1.165, 1.54) is 47.2 Å². The normalized spacial score (nSPS) is 15.4. The quantitative estimate of drug-likeness (QED) is 0.534. The molecule has 0 saturated carbocycles. The van der Waals surface area contributed by atoms with Gasteiger partial charge in [-0.25, -0.2) is 4.39 Å². The van der Waals surface area contributed by atoms with E-state index in [-0.39, 0.29) is 54.5 Å². The molecule has 4 rings (SSSR count). The fourth-order valence-corrected chi connectivity index (χ4v) is 3.60. The Kier molecular flexibility index (Phi) is 6.92. The number of carbonyl (C=O) groups is 2. The summed E-state index contributed by atoms with van der Waals surface area (Å²) in [6, 6.07) is 7.53. The lowest BCUT2D eigenvalue weighted by Crippen LogP contribution is -2.43. The largest absolute Gasteiger partial charge is 0.494 e. The van der Waals surface area contributed by atoms with E-state index >= 15 is 0 Å². The molecule has 7 nitrogen and oxygen atoms in total. The molecular weight excluding hydrogens is 476 g/mol. The van der Waals surface area contributed by atoms with Crippen molar-refractivity contribution >= 4 is 36.7 Å². The molecule has 1 aliphatic rings. The van der Waals surface area contributed by atoms with E-state index < -0.39 is 29.4 Å². The highest BCUT2D eigenvalue weighted by Crippen LogP contribution is 2.33. The molecule has 0 radical (unpaired) electrons. The number of anilines is 2. The summed E-state index contributed by atoms with van der Waals surface area (Å²) in [5.74, 6) is -1.89. The van der Waals surface area contributed by atoms with Crippen LogP contribution in [0, 0.1) is 5.82 Å². The van der Waals surface area contributed by atoms with Gasteiger partial charge < -0.3 is 15.0 Å². The predicted molar refractivity (Wildman–Crippen MR) is 121 cm³/mol. The maximum atomic E-state index is 13.6. The molecule has 0 bridgehead atoms. The second-order valence-corrected chi connectivity index (χ2v) is 7.46. The number of aromatic nitrogens is 2. The number of hydrogen-bond donors (Lipinski definition) is 1. The summed E-state index contributed by atoms with van der Waals surface area (Å²) in [4.78, 5) is 27.2. The molecule has 0 aliphatic carbocycles. The molecule has 1 aliphatic heterocycles. The average Bonchev–Trinajstić information content (AvgIpc) is 3.20. The van der Waals surface area contributed by atoms with Crippen LogP contribution in [0.4, 0.5) is 28.9 Å². The van der Waals surface area contributed by atoms with Crippen molar-refractivity contribution in [3.05, 3.63) is 71.3 Å². The number of carbonyl (C=O) groups excluding carboxylic acids is 2. The van der Waals surface area contributed by atoms with Crippen LogP contribution in [0.5, 0.6) is 5.75 Å². The molecule has 1 N–H and O–H groups in total. The van der Waals surface area contributed by atoms with Crippen LogP contribution >= 0.6 is 13.5 Å². The molecule has 2 aromatic carbocycles. The summed E-state index contributed by atoms with van der Waals surface area (Å²) in [5, 5.41) is 6.77. The minimum atomic E-state index is -4.49. The van der Waals surface area contributed by atoms with Crippen molar-refractivity contribution < 1.29 is 31.9 Å². The number of benzene rings is 2. The van der Waals surface area contributed by atoms with Crippen molar-refractivity contribution in [1.82, 2.24) is 9.78 Å². The van der Waals surface area contributed by atoms with Gasteiger partial charge in [0.05, 0.1) is 30.6 Å². The maximum absolute atomic E-state index is 13.6. The van der Waals surface area contributed by atoms with Crippen LogP contribution in [0.3, 0.4) is 0 Å². The fourth-order valence-electron chi connectivity index (χ4n) is 3.60. The van der Waals surface area contributed by atoms with Crippen LogP contribution in [0.15, 0.2) is 48.7 Å². The first-order valence-electron chi connectivity index (χ1n) is 9.81. The molecule has 34 heavy (non-hydrogen) atoms. The van der Waals surface area contributed by atoms with Crippen LogP contribution in [0.1, 0.15) is 39.4 Å². The van der Waals surface area contributed by atoms with Gasteiger partial charge >= 0.3 is 6.18 Å². The summed E-state index contributed by atoms with van der Waals surface area (Å²) in [7, 11) is 1.27. The smallest absolute Gasteiger partial charge is 0.416 e. The fraction of sp³-hybridized carbons (Fsp3) is 0.227. The predicted octanol–water partition coefficient (Wildman–Crippen LogP) is 4.64. The highest BCUT2D eigenvalue weighted by molar-refractivity contribution is 7.59. The number of alkyl halides is 3. The monoisotopic (exact) mass is 496 g/mol. The molecular formula is C22H20F4N4O3S. The van der Waals surface area contributed by atoms with Gasteiger partial charge in [-0.3, -0.25) is 14.3 Å². The van der Waals surface area contributed by atoms with Crippen LogP contribution in [0.2, 0.25) is 0 Å². The van der Waals surface area contributed by atoms with Gasteiger partial charge in [0.1, 0.15) is 0 Å². The lowest BCUT2D eigenvalue weighted by molar-refractivity contribution is -0.137. The number of nitrogens with zero attached hydrogens (tertiary/aromatic N) is 3. The van der Waals surface area contributed by atoms with Crippen molar-refractivity contribution in [3.8, 4) is 5.75 Å². The number of hydrogen-bond acceptors (Lipinski definition) is 4. The van der Waals surface area contributed by atoms with Gasteiger partial charge in [-0.15, -0.1) is 0 Å². The Balaban J connectivity index is 0.00000324. The van der Waals surface area contributed by atoms with E-state index in [2.05, 4.69) is 10.4 Å². The van der Waals surface area contributed by atoms with Crippen LogP contribution in [-0.4, -0.2) is 35.2 Å². The SMILES string of the molecule is COc1cc(C(=O)Nc2cnn3c2C(=O)N(c2ccc(C(F)(F)F)cc2)C[C@@H]3C)ccc1F.S. The molecule has 1 atom stereocenters. The van der Waals surface area contributed by atoms with Crippen molar-refractivity contribution in [3.63, 3.8) is 0 Å². The van der Waals surface area contributed by atoms with Crippen molar-refractivity contribution in [2.24, 2.45) is 0 Å². The van der Waals surface area contributed by atoms with Crippen molar-refractivity contribution in [2.45, 2.75) is 19.1 Å². The summed E-state index contributed by atoms with van der Waals surface area (Å²) in [6.45, 7) is 1.97. The Labute approximate surface area is 198 Å². The molecule has 0 fully saturated rings. The molecule has 180 valence electrons. The Morgan fingerprint density at radius 2 is 1.85 bits per heavy atom. The minimum Gasteiger partial charge on any atom is -0.494 e. The number of rotatable bonds is 4. The van der Waals surface area contributed by atoms with Gasteiger partial charge in [-0.1, -0.05) is 0 Å². The van der Waals surface area contributed by atoms with Crippen LogP contribution < -0.4 is 15.0 Å². The summed E-state index contributed by atoms with van der Waals surface area (Å²) < 4.78 is 58.6. The third kappa shape index (κ3) is 4.58. The lowest BCUT2D eigenvalue weighted by Gasteiger charge is -2.32. The van der Waals surface area contributed by atoms with Gasteiger partial charge in [0.25, 0.3) is 11.8 Å². The average molecular weight is 496 g/mol. The Hall–Kier alpha value is -3.54. The van der Waals surface area contributed by atoms with Gasteiger partial charge in [0.2, 0.25) is 0 Å². The minimum absolute atomic E-state index is 0. The number of ether oxygens (including phenoxy) is 1.